The minimum atomic E-state index is 0.461. The molecule has 4 aromatic rings. The molecule has 2 aromatic carbocycles. The van der Waals surface area contributed by atoms with Gasteiger partial charge in [-0.1, -0.05) is 55.3 Å². The lowest BCUT2D eigenvalue weighted by Crippen LogP contribution is -2.13. The first-order valence-electron chi connectivity index (χ1n) is 12.1. The number of nitrogens with two attached hydrogens (primary N) is 2. The molecule has 0 bridgehead atoms. The van der Waals surface area contributed by atoms with Crippen LogP contribution in [0, 0.1) is 0 Å². The van der Waals surface area contributed by atoms with Gasteiger partial charge in [0.2, 0.25) is 5.95 Å². The van der Waals surface area contributed by atoms with Crippen molar-refractivity contribution in [1.29, 1.82) is 0 Å². The number of nitrogens with zero attached hydrogens (tertiary/aromatic N) is 4. The average Bonchev–Trinajstić information content (AvgIpc) is 3.53. The number of rotatable bonds is 9. The van der Waals surface area contributed by atoms with Gasteiger partial charge in [0.1, 0.15) is 0 Å². The highest BCUT2D eigenvalue weighted by Crippen LogP contribution is 2.33. The Bertz CT molecular complexity index is 1240. The zero-order valence-corrected chi connectivity index (χ0v) is 19.4. The number of aromatic nitrogens is 4. The van der Waals surface area contributed by atoms with E-state index in [1.165, 1.54) is 25.7 Å². The van der Waals surface area contributed by atoms with Crippen molar-refractivity contribution in [3.63, 3.8) is 0 Å². The van der Waals surface area contributed by atoms with Crippen LogP contribution in [0.4, 0.5) is 17.5 Å². The van der Waals surface area contributed by atoms with E-state index in [2.05, 4.69) is 39.5 Å². The van der Waals surface area contributed by atoms with Gasteiger partial charge < -0.3 is 26.7 Å². The smallest absolute Gasteiger partial charge is 0.226 e. The van der Waals surface area contributed by atoms with Crippen molar-refractivity contribution in [1.82, 2.24) is 19.5 Å². The van der Waals surface area contributed by atoms with E-state index in [0.29, 0.717) is 25.1 Å². The Kier molecular flexibility index (Phi) is 6.58. The zero-order chi connectivity index (χ0) is 23.3. The van der Waals surface area contributed by atoms with E-state index in [-0.39, 0.29) is 0 Å². The molecule has 8 heteroatoms. The molecule has 8 nitrogen and oxygen atoms in total. The molecular weight excluding hydrogens is 424 g/mol. The minimum Gasteiger partial charge on any atom is -0.398 e. The highest BCUT2D eigenvalue weighted by atomic mass is 15.2. The normalized spacial score (nSPS) is 14.0. The fourth-order valence-electron chi connectivity index (χ4n) is 4.62. The minimum absolute atomic E-state index is 0.461. The predicted octanol–water partition coefficient (Wildman–Crippen LogP) is 4.56. The Morgan fingerprint density at radius 2 is 1.76 bits per heavy atom. The molecule has 0 radical (unpaired) electrons. The molecule has 0 amide bonds. The first kappa shape index (κ1) is 22.2. The number of nitrogen functional groups attached to an aromatic ring is 1. The molecule has 0 aliphatic heterocycles. The molecule has 0 spiro atoms. The van der Waals surface area contributed by atoms with Gasteiger partial charge in [0.25, 0.3) is 0 Å². The summed E-state index contributed by atoms with van der Waals surface area (Å²) in [6.07, 6.45) is 7.64. The molecule has 5 rings (SSSR count). The number of anilines is 3. The van der Waals surface area contributed by atoms with Crippen LogP contribution < -0.4 is 22.1 Å². The number of hydrogen-bond acceptors (Lipinski definition) is 7. The van der Waals surface area contributed by atoms with Gasteiger partial charge in [0, 0.05) is 30.4 Å². The average molecular weight is 457 g/mol. The third kappa shape index (κ3) is 4.68. The monoisotopic (exact) mass is 456 g/mol. The molecule has 1 saturated carbocycles. The Morgan fingerprint density at radius 3 is 2.53 bits per heavy atom. The Balaban J connectivity index is 1.38. The number of para-hydroxylation sites is 1. The van der Waals surface area contributed by atoms with Crippen LogP contribution in [0.5, 0.6) is 0 Å². The van der Waals surface area contributed by atoms with Crippen molar-refractivity contribution in [3.05, 3.63) is 60.4 Å². The molecule has 2 heterocycles. The van der Waals surface area contributed by atoms with Crippen LogP contribution in [-0.4, -0.2) is 32.6 Å². The standard InChI is InChI=1S/C26H32N8/c27-14-5-15-29-26-32-24(23-25(33-26)34(17-31-23)20-6-1-2-7-20)30-16-18-10-12-19(13-11-18)21-8-3-4-9-22(21)28/h3-4,8-13,17,20H,1-2,5-7,14-16,27-28H2,(H2,29,30,32,33). The van der Waals surface area contributed by atoms with E-state index in [4.69, 9.17) is 26.4 Å². The number of hydrogen-bond donors (Lipinski definition) is 4. The van der Waals surface area contributed by atoms with Crippen LogP contribution in [-0.2, 0) is 6.54 Å². The van der Waals surface area contributed by atoms with Gasteiger partial charge in [-0.05, 0) is 43.0 Å². The Hall–Kier alpha value is -3.65. The second kappa shape index (κ2) is 10.1. The fraction of sp³-hybridized carbons (Fsp3) is 0.346. The maximum atomic E-state index is 6.13. The van der Waals surface area contributed by atoms with Crippen LogP contribution >= 0.6 is 0 Å². The van der Waals surface area contributed by atoms with Crippen LogP contribution in [0.15, 0.2) is 54.9 Å². The highest BCUT2D eigenvalue weighted by molar-refractivity contribution is 5.84. The van der Waals surface area contributed by atoms with Crippen LogP contribution in [0.2, 0.25) is 0 Å². The third-order valence-corrected chi connectivity index (χ3v) is 6.49. The largest absolute Gasteiger partial charge is 0.398 e. The van der Waals surface area contributed by atoms with Crippen molar-refractivity contribution in [2.45, 2.75) is 44.7 Å². The van der Waals surface area contributed by atoms with Gasteiger partial charge in [-0.15, -0.1) is 0 Å². The third-order valence-electron chi connectivity index (χ3n) is 6.49. The summed E-state index contributed by atoms with van der Waals surface area (Å²) >= 11 is 0. The highest BCUT2D eigenvalue weighted by Gasteiger charge is 2.21. The lowest BCUT2D eigenvalue weighted by Gasteiger charge is -2.14. The summed E-state index contributed by atoms with van der Waals surface area (Å²) in [5, 5.41) is 6.81. The first-order chi connectivity index (χ1) is 16.7. The zero-order valence-electron chi connectivity index (χ0n) is 19.4. The van der Waals surface area contributed by atoms with E-state index in [9.17, 15) is 0 Å². The molecule has 0 saturated heterocycles. The molecular formula is C26H32N8. The van der Waals surface area contributed by atoms with Crippen molar-refractivity contribution in [2.24, 2.45) is 5.73 Å². The summed E-state index contributed by atoms with van der Waals surface area (Å²) in [7, 11) is 0. The van der Waals surface area contributed by atoms with Gasteiger partial charge >= 0.3 is 0 Å². The van der Waals surface area contributed by atoms with E-state index in [1.54, 1.807) is 0 Å². The van der Waals surface area contributed by atoms with E-state index >= 15 is 0 Å². The topological polar surface area (TPSA) is 120 Å². The number of nitrogens with one attached hydrogen (secondary N) is 2. The molecule has 1 aliphatic carbocycles. The summed E-state index contributed by atoms with van der Waals surface area (Å²) in [6, 6.07) is 16.8. The first-order valence-corrected chi connectivity index (χ1v) is 12.1. The quantitative estimate of drug-likeness (QED) is 0.215. The van der Waals surface area contributed by atoms with Crippen LogP contribution in [0.3, 0.4) is 0 Å². The Morgan fingerprint density at radius 1 is 0.971 bits per heavy atom. The van der Waals surface area contributed by atoms with Crippen LogP contribution in [0.1, 0.15) is 43.7 Å². The van der Waals surface area contributed by atoms with Gasteiger partial charge in [-0.3, -0.25) is 0 Å². The maximum absolute atomic E-state index is 6.13. The summed E-state index contributed by atoms with van der Waals surface area (Å²) < 4.78 is 2.22. The van der Waals surface area contributed by atoms with Crippen molar-refractivity contribution in [3.8, 4) is 11.1 Å². The van der Waals surface area contributed by atoms with Gasteiger partial charge in [-0.25, -0.2) is 4.98 Å². The SMILES string of the molecule is NCCCNc1nc(NCc2ccc(-c3ccccc3N)cc2)c2ncn(C3CCCC3)c2n1. The molecule has 6 N–H and O–H groups in total. The maximum Gasteiger partial charge on any atom is 0.226 e. The van der Waals surface area contributed by atoms with Gasteiger partial charge in [-0.2, -0.15) is 9.97 Å². The number of imidazole rings is 1. The van der Waals surface area contributed by atoms with Gasteiger partial charge in [0.15, 0.2) is 17.0 Å². The number of benzene rings is 2. The summed E-state index contributed by atoms with van der Waals surface area (Å²) in [5.41, 5.74) is 17.6. The summed E-state index contributed by atoms with van der Waals surface area (Å²) in [5.74, 6) is 1.35. The molecule has 0 unspecified atom stereocenters. The molecule has 1 aliphatic rings. The van der Waals surface area contributed by atoms with Gasteiger partial charge in [0.05, 0.1) is 6.33 Å². The molecule has 176 valence electrons. The fourth-order valence-corrected chi connectivity index (χ4v) is 4.62. The van der Waals surface area contributed by atoms with E-state index in [1.807, 2.05) is 30.6 Å². The number of fused-ring (bicyclic) bond motifs is 1. The molecule has 0 atom stereocenters. The summed E-state index contributed by atoms with van der Waals surface area (Å²) in [4.78, 5) is 14.2. The molecule has 34 heavy (non-hydrogen) atoms. The molecule has 1 fully saturated rings. The summed E-state index contributed by atoms with van der Waals surface area (Å²) in [6.45, 7) is 2.00. The van der Waals surface area contributed by atoms with Crippen molar-refractivity contribution in [2.75, 3.05) is 29.5 Å². The van der Waals surface area contributed by atoms with Crippen molar-refractivity contribution >= 4 is 28.6 Å². The molecule has 2 aromatic heterocycles. The lowest BCUT2D eigenvalue weighted by molar-refractivity contribution is 0.529. The second-order valence-electron chi connectivity index (χ2n) is 8.86. The lowest BCUT2D eigenvalue weighted by atomic mass is 10.0. The van der Waals surface area contributed by atoms with Crippen LogP contribution in [0.25, 0.3) is 22.3 Å². The predicted molar refractivity (Wildman–Crippen MR) is 139 cm³/mol. The van der Waals surface area contributed by atoms with E-state index in [0.717, 1.165) is 52.3 Å². The van der Waals surface area contributed by atoms with Crippen molar-refractivity contribution < 1.29 is 0 Å². The second-order valence-corrected chi connectivity index (χ2v) is 8.86. The Labute approximate surface area is 199 Å². The van der Waals surface area contributed by atoms with E-state index < -0.39 is 0 Å².